The number of hydrogen-bond acceptors (Lipinski definition) is 3. The second kappa shape index (κ2) is 9.88. The van der Waals surface area contributed by atoms with Crippen LogP contribution in [-0.2, 0) is 6.54 Å². The summed E-state index contributed by atoms with van der Waals surface area (Å²) in [6.45, 7) is 0.650. The van der Waals surface area contributed by atoms with Crippen molar-refractivity contribution >= 4 is 11.9 Å². The lowest BCUT2D eigenvalue weighted by molar-refractivity contribution is 0.0827. The first-order valence-corrected chi connectivity index (χ1v) is 8.45. The van der Waals surface area contributed by atoms with Crippen LogP contribution in [-0.4, -0.2) is 44.6 Å². The molecule has 140 valence electrons. The third-order valence-corrected chi connectivity index (χ3v) is 3.72. The summed E-state index contributed by atoms with van der Waals surface area (Å²) in [7, 11) is 5.03. The fourth-order valence-electron chi connectivity index (χ4n) is 2.21. The Bertz CT molecular complexity index is 832. The predicted molar refractivity (Wildman–Crippen MR) is 105 cm³/mol. The van der Waals surface area contributed by atoms with Gasteiger partial charge < -0.3 is 20.3 Å². The molecule has 0 aliphatic heterocycles. The zero-order valence-electron chi connectivity index (χ0n) is 15.7. The molecule has 2 aromatic rings. The van der Waals surface area contributed by atoms with Crippen LogP contribution in [0.4, 0.5) is 4.79 Å². The molecule has 0 saturated heterocycles. The van der Waals surface area contributed by atoms with Gasteiger partial charge in [0.2, 0.25) is 0 Å². The number of nitrogens with zero attached hydrogens (tertiary/aromatic N) is 1. The molecular formula is C21H23N3O3. The van der Waals surface area contributed by atoms with Crippen molar-refractivity contribution in [1.82, 2.24) is 15.5 Å². The second-order valence-electron chi connectivity index (χ2n) is 5.96. The smallest absolute Gasteiger partial charge is 0.315 e. The minimum absolute atomic E-state index is 0.0512. The van der Waals surface area contributed by atoms with Gasteiger partial charge in [0.25, 0.3) is 5.91 Å². The van der Waals surface area contributed by atoms with Crippen LogP contribution in [0.25, 0.3) is 0 Å². The highest BCUT2D eigenvalue weighted by molar-refractivity contribution is 5.93. The van der Waals surface area contributed by atoms with E-state index in [0.29, 0.717) is 12.1 Å². The number of carbonyl (C=O) groups is 2. The monoisotopic (exact) mass is 365 g/mol. The highest BCUT2D eigenvalue weighted by atomic mass is 16.5. The third kappa shape index (κ3) is 6.40. The van der Waals surface area contributed by atoms with Gasteiger partial charge in [-0.15, -0.1) is 0 Å². The first kappa shape index (κ1) is 19.9. The van der Waals surface area contributed by atoms with Gasteiger partial charge >= 0.3 is 6.03 Å². The maximum Gasteiger partial charge on any atom is 0.315 e. The summed E-state index contributed by atoms with van der Waals surface area (Å²) in [4.78, 5) is 25.1. The summed E-state index contributed by atoms with van der Waals surface area (Å²) < 4.78 is 5.09. The van der Waals surface area contributed by atoms with Gasteiger partial charge in [0.15, 0.2) is 0 Å². The number of benzene rings is 2. The number of nitrogens with one attached hydrogen (secondary N) is 2. The predicted octanol–water partition coefficient (Wildman–Crippen LogP) is 2.25. The number of urea groups is 1. The van der Waals surface area contributed by atoms with E-state index in [2.05, 4.69) is 22.5 Å². The largest absolute Gasteiger partial charge is 0.497 e. The number of carbonyl (C=O) groups excluding carboxylic acids is 2. The Morgan fingerprint density at radius 2 is 1.67 bits per heavy atom. The van der Waals surface area contributed by atoms with Gasteiger partial charge in [-0.3, -0.25) is 4.79 Å². The topological polar surface area (TPSA) is 70.7 Å². The molecule has 2 rings (SSSR count). The lowest BCUT2D eigenvalue weighted by atomic mass is 10.1. The molecule has 0 saturated carbocycles. The average molecular weight is 365 g/mol. The fourth-order valence-corrected chi connectivity index (χ4v) is 2.21. The minimum Gasteiger partial charge on any atom is -0.497 e. The summed E-state index contributed by atoms with van der Waals surface area (Å²) in [6.07, 6.45) is 0. The van der Waals surface area contributed by atoms with E-state index in [4.69, 9.17) is 4.74 Å². The average Bonchev–Trinajstić information content (AvgIpc) is 2.70. The number of rotatable bonds is 5. The molecule has 3 amide bonds. The molecule has 0 aromatic heterocycles. The molecule has 0 aliphatic rings. The molecule has 2 N–H and O–H groups in total. The Hall–Kier alpha value is -3.46. The van der Waals surface area contributed by atoms with Crippen LogP contribution in [0.15, 0.2) is 48.5 Å². The van der Waals surface area contributed by atoms with Gasteiger partial charge in [-0.25, -0.2) is 4.79 Å². The van der Waals surface area contributed by atoms with Crippen molar-refractivity contribution in [2.45, 2.75) is 6.54 Å². The molecule has 6 nitrogen and oxygen atoms in total. The van der Waals surface area contributed by atoms with E-state index in [1.165, 1.54) is 4.90 Å². The summed E-state index contributed by atoms with van der Waals surface area (Å²) in [5.41, 5.74) is 2.37. The highest BCUT2D eigenvalue weighted by Crippen LogP contribution is 2.10. The van der Waals surface area contributed by atoms with Crippen molar-refractivity contribution in [1.29, 1.82) is 0 Å². The Morgan fingerprint density at radius 3 is 2.26 bits per heavy atom. The number of ether oxygens (including phenoxy) is 1. The quantitative estimate of drug-likeness (QED) is 0.799. The van der Waals surface area contributed by atoms with Crippen molar-refractivity contribution in [3.63, 3.8) is 0 Å². The van der Waals surface area contributed by atoms with E-state index in [1.54, 1.807) is 45.5 Å². The Morgan fingerprint density at radius 1 is 1.00 bits per heavy atom. The van der Waals surface area contributed by atoms with Crippen LogP contribution in [0.3, 0.4) is 0 Å². The maximum absolute atomic E-state index is 11.8. The van der Waals surface area contributed by atoms with Crippen LogP contribution in [0.2, 0.25) is 0 Å². The lowest BCUT2D eigenvalue weighted by Crippen LogP contribution is -2.35. The van der Waals surface area contributed by atoms with Gasteiger partial charge in [-0.1, -0.05) is 24.0 Å². The molecule has 0 bridgehead atoms. The molecule has 6 heteroatoms. The van der Waals surface area contributed by atoms with Crippen molar-refractivity contribution in [2.75, 3.05) is 27.7 Å². The van der Waals surface area contributed by atoms with E-state index in [-0.39, 0.29) is 18.5 Å². The molecule has 0 aliphatic carbocycles. The summed E-state index contributed by atoms with van der Waals surface area (Å²) >= 11 is 0. The Labute approximate surface area is 159 Å². The normalized spacial score (nSPS) is 9.59. The molecule has 0 fully saturated rings. The van der Waals surface area contributed by atoms with E-state index in [0.717, 1.165) is 16.9 Å². The molecule has 0 heterocycles. The molecule has 2 aromatic carbocycles. The van der Waals surface area contributed by atoms with Crippen LogP contribution in [0.5, 0.6) is 5.75 Å². The van der Waals surface area contributed by atoms with E-state index in [1.807, 2.05) is 24.3 Å². The number of amides is 3. The van der Waals surface area contributed by atoms with Crippen molar-refractivity contribution in [2.24, 2.45) is 0 Å². The van der Waals surface area contributed by atoms with Crippen molar-refractivity contribution < 1.29 is 14.3 Å². The van der Waals surface area contributed by atoms with Gasteiger partial charge in [-0.2, -0.15) is 0 Å². The van der Waals surface area contributed by atoms with Gasteiger partial charge in [-0.05, 0) is 42.0 Å². The van der Waals surface area contributed by atoms with Gasteiger partial charge in [0.05, 0.1) is 13.7 Å². The van der Waals surface area contributed by atoms with Gasteiger partial charge in [0.1, 0.15) is 5.75 Å². The summed E-state index contributed by atoms with van der Waals surface area (Å²) in [6, 6.07) is 14.2. The highest BCUT2D eigenvalue weighted by Gasteiger charge is 2.06. The standard InChI is InChI=1S/C21H23N3O3/c1-24(2)20(25)18-10-6-16(7-11-18)5-4-14-22-21(26)23-15-17-8-12-19(27-3)13-9-17/h6-13H,14-15H2,1-3H3,(H2,22,23,26). The SMILES string of the molecule is COc1ccc(CNC(=O)NCC#Cc2ccc(C(=O)N(C)C)cc2)cc1. The van der Waals surface area contributed by atoms with Crippen LogP contribution < -0.4 is 15.4 Å². The Balaban J connectivity index is 1.75. The molecule has 0 spiro atoms. The van der Waals surface area contributed by atoms with Crippen LogP contribution in [0, 0.1) is 11.8 Å². The minimum atomic E-state index is -0.285. The third-order valence-electron chi connectivity index (χ3n) is 3.72. The van der Waals surface area contributed by atoms with E-state index in [9.17, 15) is 9.59 Å². The first-order valence-electron chi connectivity index (χ1n) is 8.45. The van der Waals surface area contributed by atoms with Crippen LogP contribution in [0.1, 0.15) is 21.5 Å². The number of methoxy groups -OCH3 is 1. The van der Waals surface area contributed by atoms with E-state index >= 15 is 0 Å². The fraction of sp³-hybridized carbons (Fsp3) is 0.238. The summed E-state index contributed by atoms with van der Waals surface area (Å²) in [5.74, 6) is 6.56. The first-order chi connectivity index (χ1) is 13.0. The zero-order valence-corrected chi connectivity index (χ0v) is 15.7. The van der Waals surface area contributed by atoms with Crippen molar-refractivity contribution in [3.8, 4) is 17.6 Å². The Kier molecular flexibility index (Phi) is 7.26. The molecule has 0 unspecified atom stereocenters. The summed E-state index contributed by atoms with van der Waals surface area (Å²) in [5, 5.41) is 5.45. The van der Waals surface area contributed by atoms with Crippen LogP contribution >= 0.6 is 0 Å². The second-order valence-corrected chi connectivity index (χ2v) is 5.96. The van der Waals surface area contributed by atoms with Gasteiger partial charge in [0, 0.05) is 31.8 Å². The lowest BCUT2D eigenvalue weighted by Gasteiger charge is -2.09. The molecule has 0 radical (unpaired) electrons. The van der Waals surface area contributed by atoms with E-state index < -0.39 is 0 Å². The molecule has 27 heavy (non-hydrogen) atoms. The zero-order chi connectivity index (χ0) is 19.6. The molecular weight excluding hydrogens is 342 g/mol. The maximum atomic E-state index is 11.8. The number of hydrogen-bond donors (Lipinski definition) is 2. The molecule has 0 atom stereocenters. The van der Waals surface area contributed by atoms with Crippen molar-refractivity contribution in [3.05, 3.63) is 65.2 Å².